The molecule has 1 heterocycles. The predicted octanol–water partition coefficient (Wildman–Crippen LogP) is 3.18. The summed E-state index contributed by atoms with van der Waals surface area (Å²) in [6.07, 6.45) is 5.58. The van der Waals surface area contributed by atoms with Crippen LogP contribution in [-0.2, 0) is 9.59 Å². The van der Waals surface area contributed by atoms with E-state index in [2.05, 4.69) is 17.4 Å². The molecule has 2 fully saturated rings. The van der Waals surface area contributed by atoms with Crippen molar-refractivity contribution in [3.05, 3.63) is 29.8 Å². The molecule has 1 aromatic rings. The average Bonchev–Trinajstić information content (AvgIpc) is 3.29. The van der Waals surface area contributed by atoms with E-state index in [-0.39, 0.29) is 24.8 Å². The fraction of sp³-hybridized carbons (Fsp3) is 0.579. The smallest absolute Gasteiger partial charge is 0.303 e. The van der Waals surface area contributed by atoms with Crippen molar-refractivity contribution in [3.8, 4) is 0 Å². The minimum absolute atomic E-state index is 0.00672. The van der Waals surface area contributed by atoms with E-state index in [0.717, 1.165) is 31.4 Å². The van der Waals surface area contributed by atoms with Gasteiger partial charge in [-0.15, -0.1) is 0 Å². The van der Waals surface area contributed by atoms with Crippen molar-refractivity contribution in [2.75, 3.05) is 5.32 Å². The van der Waals surface area contributed by atoms with Gasteiger partial charge in [0.15, 0.2) is 0 Å². The van der Waals surface area contributed by atoms with Crippen LogP contribution >= 0.6 is 0 Å². The molecule has 0 bridgehead atoms. The standard InChI is InChI=1S/C19H24N2O3/c22-17(10-11-18(23)24)21(12-8-9-12)19-13-4-1-2-6-15(13)20-16-7-3-5-14(16)19/h1-2,4,6,12,14,16,19-20H,3,5,7-11H2,(H,23,24). The van der Waals surface area contributed by atoms with Gasteiger partial charge in [0.05, 0.1) is 12.5 Å². The van der Waals surface area contributed by atoms with Gasteiger partial charge in [-0.25, -0.2) is 0 Å². The Hall–Kier alpha value is -2.04. The van der Waals surface area contributed by atoms with Crippen molar-refractivity contribution < 1.29 is 14.7 Å². The SMILES string of the molecule is O=C(O)CCC(=O)N(C1CC1)C1c2ccccc2NC2CCCC21. The van der Waals surface area contributed by atoms with Gasteiger partial charge in [0, 0.05) is 30.1 Å². The first-order chi connectivity index (χ1) is 11.6. The van der Waals surface area contributed by atoms with Crippen LogP contribution < -0.4 is 5.32 Å². The Labute approximate surface area is 142 Å². The summed E-state index contributed by atoms with van der Waals surface area (Å²) in [4.78, 5) is 25.8. The van der Waals surface area contributed by atoms with E-state index in [1.54, 1.807) is 0 Å². The molecule has 1 aliphatic heterocycles. The van der Waals surface area contributed by atoms with Gasteiger partial charge in [0.1, 0.15) is 0 Å². The number of carboxylic acids is 1. The van der Waals surface area contributed by atoms with E-state index in [4.69, 9.17) is 5.11 Å². The maximum absolute atomic E-state index is 12.9. The number of hydrogen-bond donors (Lipinski definition) is 2. The highest BCUT2D eigenvalue weighted by Crippen LogP contribution is 2.50. The number of amides is 1. The first kappa shape index (κ1) is 15.5. The van der Waals surface area contributed by atoms with Crippen molar-refractivity contribution in [3.63, 3.8) is 0 Å². The highest BCUT2D eigenvalue weighted by molar-refractivity contribution is 5.82. The zero-order valence-corrected chi connectivity index (χ0v) is 13.8. The van der Waals surface area contributed by atoms with Crippen molar-refractivity contribution in [1.29, 1.82) is 0 Å². The van der Waals surface area contributed by atoms with Crippen LogP contribution in [0.1, 0.15) is 56.6 Å². The number of benzene rings is 1. The second-order valence-electron chi connectivity index (χ2n) is 7.30. The Morgan fingerprint density at radius 2 is 1.92 bits per heavy atom. The summed E-state index contributed by atoms with van der Waals surface area (Å²) in [5.74, 6) is -0.454. The fourth-order valence-corrected chi connectivity index (χ4v) is 4.50. The Kier molecular flexibility index (Phi) is 3.94. The Balaban J connectivity index is 1.67. The first-order valence-corrected chi connectivity index (χ1v) is 9.03. The minimum atomic E-state index is -0.899. The third kappa shape index (κ3) is 2.76. The van der Waals surface area contributed by atoms with Gasteiger partial charge in [-0.05, 0) is 37.3 Å². The van der Waals surface area contributed by atoms with Gasteiger partial charge in [-0.1, -0.05) is 24.6 Å². The molecule has 2 N–H and O–H groups in total. The van der Waals surface area contributed by atoms with Crippen LogP contribution in [-0.4, -0.2) is 34.0 Å². The topological polar surface area (TPSA) is 69.6 Å². The Morgan fingerprint density at radius 3 is 2.67 bits per heavy atom. The summed E-state index contributed by atoms with van der Waals surface area (Å²) < 4.78 is 0. The molecule has 0 radical (unpaired) electrons. The normalized spacial score (nSPS) is 27.8. The summed E-state index contributed by atoms with van der Waals surface area (Å²) in [5, 5.41) is 12.6. The van der Waals surface area contributed by atoms with Crippen LogP contribution in [0.5, 0.6) is 0 Å². The van der Waals surface area contributed by atoms with E-state index in [9.17, 15) is 9.59 Å². The third-order valence-electron chi connectivity index (χ3n) is 5.68. The molecule has 1 aromatic carbocycles. The van der Waals surface area contributed by atoms with Crippen LogP contribution in [0.25, 0.3) is 0 Å². The maximum Gasteiger partial charge on any atom is 0.303 e. The van der Waals surface area contributed by atoms with Crippen molar-refractivity contribution >= 4 is 17.6 Å². The molecule has 3 atom stereocenters. The molecule has 1 amide bonds. The molecule has 24 heavy (non-hydrogen) atoms. The number of para-hydroxylation sites is 1. The van der Waals surface area contributed by atoms with Crippen LogP contribution in [0.2, 0.25) is 0 Å². The van der Waals surface area contributed by atoms with Gasteiger partial charge >= 0.3 is 5.97 Å². The molecule has 128 valence electrons. The molecule has 5 nitrogen and oxygen atoms in total. The van der Waals surface area contributed by atoms with Gasteiger partial charge < -0.3 is 15.3 Å². The summed E-state index contributed by atoms with van der Waals surface area (Å²) in [7, 11) is 0. The van der Waals surface area contributed by atoms with E-state index in [1.807, 2.05) is 17.0 Å². The van der Waals surface area contributed by atoms with E-state index < -0.39 is 5.97 Å². The monoisotopic (exact) mass is 328 g/mol. The van der Waals surface area contributed by atoms with Gasteiger partial charge in [-0.3, -0.25) is 9.59 Å². The Bertz CT molecular complexity index is 656. The average molecular weight is 328 g/mol. The molecular formula is C19H24N2O3. The lowest BCUT2D eigenvalue weighted by Crippen LogP contribution is -2.46. The molecule has 0 aromatic heterocycles. The quantitative estimate of drug-likeness (QED) is 0.871. The second kappa shape index (κ2) is 6.11. The number of anilines is 1. The summed E-state index contributed by atoms with van der Waals surface area (Å²) in [6.45, 7) is 0. The maximum atomic E-state index is 12.9. The van der Waals surface area contributed by atoms with E-state index in [0.29, 0.717) is 18.0 Å². The number of carboxylic acid groups (broad SMARTS) is 1. The largest absolute Gasteiger partial charge is 0.481 e. The number of carbonyl (C=O) groups is 2. The van der Waals surface area contributed by atoms with Crippen molar-refractivity contribution in [2.24, 2.45) is 5.92 Å². The molecule has 3 aliphatic rings. The van der Waals surface area contributed by atoms with Gasteiger partial charge in [0.25, 0.3) is 0 Å². The second-order valence-corrected chi connectivity index (χ2v) is 7.30. The van der Waals surface area contributed by atoms with Crippen LogP contribution in [0.4, 0.5) is 5.69 Å². The molecular weight excluding hydrogens is 304 g/mol. The third-order valence-corrected chi connectivity index (χ3v) is 5.68. The number of hydrogen-bond acceptors (Lipinski definition) is 3. The summed E-state index contributed by atoms with van der Waals surface area (Å²) in [5.41, 5.74) is 2.35. The van der Waals surface area contributed by atoms with E-state index in [1.165, 1.54) is 12.0 Å². The number of carbonyl (C=O) groups excluding carboxylic acids is 1. The Morgan fingerprint density at radius 1 is 1.12 bits per heavy atom. The number of nitrogens with one attached hydrogen (secondary N) is 1. The number of aliphatic carboxylic acids is 1. The first-order valence-electron chi connectivity index (χ1n) is 9.03. The number of nitrogens with zero attached hydrogens (tertiary/aromatic N) is 1. The number of rotatable bonds is 5. The molecule has 2 aliphatic carbocycles. The summed E-state index contributed by atoms with van der Waals surface area (Å²) in [6, 6.07) is 9.12. The highest BCUT2D eigenvalue weighted by Gasteiger charge is 2.47. The molecule has 0 saturated heterocycles. The predicted molar refractivity (Wildman–Crippen MR) is 90.7 cm³/mol. The fourth-order valence-electron chi connectivity index (χ4n) is 4.50. The van der Waals surface area contributed by atoms with Crippen LogP contribution in [0.15, 0.2) is 24.3 Å². The summed E-state index contributed by atoms with van der Waals surface area (Å²) >= 11 is 0. The van der Waals surface area contributed by atoms with Crippen LogP contribution in [0.3, 0.4) is 0 Å². The molecule has 0 spiro atoms. The lowest BCUT2D eigenvalue weighted by molar-refractivity contribution is -0.142. The van der Waals surface area contributed by atoms with Gasteiger partial charge in [0.2, 0.25) is 5.91 Å². The molecule has 5 heteroatoms. The number of fused-ring (bicyclic) bond motifs is 2. The zero-order valence-electron chi connectivity index (χ0n) is 13.8. The van der Waals surface area contributed by atoms with E-state index >= 15 is 0 Å². The lowest BCUT2D eigenvalue weighted by Gasteiger charge is -2.43. The zero-order chi connectivity index (χ0) is 16.7. The van der Waals surface area contributed by atoms with Gasteiger partial charge in [-0.2, -0.15) is 0 Å². The van der Waals surface area contributed by atoms with Crippen molar-refractivity contribution in [2.45, 2.75) is 63.1 Å². The van der Waals surface area contributed by atoms with Crippen molar-refractivity contribution in [1.82, 2.24) is 4.90 Å². The van der Waals surface area contributed by atoms with Crippen LogP contribution in [0, 0.1) is 5.92 Å². The molecule has 4 rings (SSSR count). The lowest BCUT2D eigenvalue weighted by atomic mass is 9.83. The minimum Gasteiger partial charge on any atom is -0.481 e. The molecule has 2 saturated carbocycles. The molecule has 3 unspecified atom stereocenters. The highest BCUT2D eigenvalue weighted by atomic mass is 16.4.